The number of hydrogen-bond donors (Lipinski definition) is 2. The van der Waals surface area contributed by atoms with Gasteiger partial charge in [0.05, 0.1) is 13.2 Å². The molecule has 1 saturated heterocycles. The molecule has 1 aromatic rings. The minimum absolute atomic E-state index is 0.101. The third-order valence-corrected chi connectivity index (χ3v) is 3.05. The molecule has 0 bridgehead atoms. The van der Waals surface area contributed by atoms with E-state index in [9.17, 15) is 4.79 Å². The summed E-state index contributed by atoms with van der Waals surface area (Å²) < 4.78 is 16.2. The van der Waals surface area contributed by atoms with Gasteiger partial charge < -0.3 is 24.8 Å². The number of rotatable bonds is 2. The fraction of sp³-hybridized carbons (Fsp3) is 0.462. The SMILES string of the molecule is O=C(Nc1ccc2c(c1)OCCO2)C1COCCN1. The van der Waals surface area contributed by atoms with E-state index < -0.39 is 0 Å². The lowest BCUT2D eigenvalue weighted by molar-refractivity contribution is -0.120. The van der Waals surface area contributed by atoms with E-state index in [1.54, 1.807) is 18.2 Å². The van der Waals surface area contributed by atoms with Crippen LogP contribution in [0.3, 0.4) is 0 Å². The first kappa shape index (κ1) is 12.3. The van der Waals surface area contributed by atoms with E-state index in [-0.39, 0.29) is 11.9 Å². The van der Waals surface area contributed by atoms with Crippen molar-refractivity contribution in [3.05, 3.63) is 18.2 Å². The van der Waals surface area contributed by atoms with Crippen LogP contribution in [0.5, 0.6) is 11.5 Å². The van der Waals surface area contributed by atoms with Gasteiger partial charge in [0, 0.05) is 18.3 Å². The third kappa shape index (κ3) is 2.80. The lowest BCUT2D eigenvalue weighted by atomic mass is 10.2. The molecular weight excluding hydrogens is 248 g/mol. The number of morpholine rings is 1. The summed E-state index contributed by atoms with van der Waals surface area (Å²) in [5, 5.41) is 5.95. The van der Waals surface area contributed by atoms with Gasteiger partial charge in [-0.25, -0.2) is 0 Å². The van der Waals surface area contributed by atoms with Gasteiger partial charge in [-0.3, -0.25) is 4.79 Å². The van der Waals surface area contributed by atoms with Crippen molar-refractivity contribution in [2.45, 2.75) is 6.04 Å². The Labute approximate surface area is 111 Å². The van der Waals surface area contributed by atoms with Crippen LogP contribution in [0.2, 0.25) is 0 Å². The lowest BCUT2D eigenvalue weighted by Crippen LogP contribution is -2.48. The Kier molecular flexibility index (Phi) is 3.52. The highest BCUT2D eigenvalue weighted by molar-refractivity contribution is 5.95. The van der Waals surface area contributed by atoms with Crippen molar-refractivity contribution >= 4 is 11.6 Å². The van der Waals surface area contributed by atoms with E-state index in [1.165, 1.54) is 0 Å². The maximum absolute atomic E-state index is 12.0. The molecule has 2 aliphatic rings. The zero-order valence-corrected chi connectivity index (χ0v) is 10.5. The van der Waals surface area contributed by atoms with Crippen molar-refractivity contribution in [2.24, 2.45) is 0 Å². The number of carbonyl (C=O) groups is 1. The average molecular weight is 264 g/mol. The fourth-order valence-corrected chi connectivity index (χ4v) is 2.08. The summed E-state index contributed by atoms with van der Waals surface area (Å²) in [5.74, 6) is 1.27. The smallest absolute Gasteiger partial charge is 0.243 e. The number of nitrogens with one attached hydrogen (secondary N) is 2. The summed E-state index contributed by atoms with van der Waals surface area (Å²) in [6, 6.07) is 5.07. The van der Waals surface area contributed by atoms with E-state index in [0.717, 1.165) is 0 Å². The number of amides is 1. The van der Waals surface area contributed by atoms with E-state index in [1.807, 2.05) is 0 Å². The molecule has 1 atom stereocenters. The van der Waals surface area contributed by atoms with Gasteiger partial charge in [0.15, 0.2) is 11.5 Å². The number of hydrogen-bond acceptors (Lipinski definition) is 5. The van der Waals surface area contributed by atoms with Crippen molar-refractivity contribution in [1.29, 1.82) is 0 Å². The van der Waals surface area contributed by atoms with E-state index in [4.69, 9.17) is 14.2 Å². The van der Waals surface area contributed by atoms with Crippen LogP contribution in [0.25, 0.3) is 0 Å². The molecule has 102 valence electrons. The van der Waals surface area contributed by atoms with Crippen LogP contribution in [0, 0.1) is 0 Å². The number of benzene rings is 1. The summed E-state index contributed by atoms with van der Waals surface area (Å²) in [6.07, 6.45) is 0. The van der Waals surface area contributed by atoms with Crippen LogP contribution in [-0.2, 0) is 9.53 Å². The van der Waals surface area contributed by atoms with Gasteiger partial charge in [0.2, 0.25) is 5.91 Å². The highest BCUT2D eigenvalue weighted by Gasteiger charge is 2.21. The van der Waals surface area contributed by atoms with Gasteiger partial charge >= 0.3 is 0 Å². The Hall–Kier alpha value is -1.79. The Morgan fingerprint density at radius 1 is 1.21 bits per heavy atom. The molecule has 0 aromatic heterocycles. The molecule has 1 fully saturated rings. The zero-order chi connectivity index (χ0) is 13.1. The maximum atomic E-state index is 12.0. The van der Waals surface area contributed by atoms with Crippen molar-refractivity contribution in [3.63, 3.8) is 0 Å². The third-order valence-electron chi connectivity index (χ3n) is 3.05. The Morgan fingerprint density at radius 3 is 2.84 bits per heavy atom. The first-order valence-corrected chi connectivity index (χ1v) is 6.34. The highest BCUT2D eigenvalue weighted by atomic mass is 16.6. The zero-order valence-electron chi connectivity index (χ0n) is 10.5. The Bertz CT molecular complexity index is 472. The molecule has 0 aliphatic carbocycles. The van der Waals surface area contributed by atoms with Gasteiger partial charge in [-0.1, -0.05) is 0 Å². The van der Waals surface area contributed by atoms with Crippen LogP contribution in [0.1, 0.15) is 0 Å². The normalized spacial score (nSPS) is 21.8. The summed E-state index contributed by atoms with van der Waals surface area (Å²) in [7, 11) is 0. The lowest BCUT2D eigenvalue weighted by Gasteiger charge is -2.23. The second kappa shape index (κ2) is 5.46. The van der Waals surface area contributed by atoms with Crippen molar-refractivity contribution in [2.75, 3.05) is 38.3 Å². The molecule has 1 aromatic carbocycles. The average Bonchev–Trinajstić information content (AvgIpc) is 2.48. The number of ether oxygens (including phenoxy) is 3. The summed E-state index contributed by atoms with van der Waals surface area (Å²) >= 11 is 0. The molecule has 2 N–H and O–H groups in total. The fourth-order valence-electron chi connectivity index (χ4n) is 2.08. The minimum atomic E-state index is -0.304. The van der Waals surface area contributed by atoms with E-state index in [0.29, 0.717) is 50.2 Å². The summed E-state index contributed by atoms with van der Waals surface area (Å²) in [5.41, 5.74) is 0.696. The molecule has 19 heavy (non-hydrogen) atoms. The molecule has 1 unspecified atom stereocenters. The van der Waals surface area contributed by atoms with Gasteiger partial charge in [-0.2, -0.15) is 0 Å². The minimum Gasteiger partial charge on any atom is -0.486 e. The molecule has 3 rings (SSSR count). The van der Waals surface area contributed by atoms with Gasteiger partial charge in [-0.05, 0) is 12.1 Å². The van der Waals surface area contributed by atoms with E-state index >= 15 is 0 Å². The standard InChI is InChI=1S/C13H16N2O4/c16-13(10-8-17-4-3-14-10)15-9-1-2-11-12(7-9)19-6-5-18-11/h1-2,7,10,14H,3-6,8H2,(H,15,16). The van der Waals surface area contributed by atoms with Gasteiger partial charge in [0.1, 0.15) is 19.3 Å². The monoisotopic (exact) mass is 264 g/mol. The van der Waals surface area contributed by atoms with Crippen LogP contribution < -0.4 is 20.1 Å². The molecule has 0 spiro atoms. The van der Waals surface area contributed by atoms with Crippen molar-refractivity contribution in [3.8, 4) is 11.5 Å². The number of carbonyl (C=O) groups excluding carboxylic acids is 1. The van der Waals surface area contributed by atoms with Crippen LogP contribution in [-0.4, -0.2) is 44.9 Å². The molecular formula is C13H16N2O4. The maximum Gasteiger partial charge on any atom is 0.243 e. The number of fused-ring (bicyclic) bond motifs is 1. The molecule has 2 heterocycles. The Morgan fingerprint density at radius 2 is 2.05 bits per heavy atom. The molecule has 0 radical (unpaired) electrons. The topological polar surface area (TPSA) is 68.8 Å². The van der Waals surface area contributed by atoms with Crippen LogP contribution in [0.15, 0.2) is 18.2 Å². The van der Waals surface area contributed by atoms with Gasteiger partial charge in [0.25, 0.3) is 0 Å². The van der Waals surface area contributed by atoms with Crippen LogP contribution >= 0.6 is 0 Å². The molecule has 6 nitrogen and oxygen atoms in total. The van der Waals surface area contributed by atoms with Crippen molar-refractivity contribution in [1.82, 2.24) is 5.32 Å². The van der Waals surface area contributed by atoms with Gasteiger partial charge in [-0.15, -0.1) is 0 Å². The molecule has 1 amide bonds. The first-order valence-electron chi connectivity index (χ1n) is 6.34. The van der Waals surface area contributed by atoms with Crippen molar-refractivity contribution < 1.29 is 19.0 Å². The van der Waals surface area contributed by atoms with Crippen LogP contribution in [0.4, 0.5) is 5.69 Å². The largest absolute Gasteiger partial charge is 0.486 e. The predicted octanol–water partition coefficient (Wildman–Crippen LogP) is 0.385. The Balaban J connectivity index is 1.67. The second-order valence-electron chi connectivity index (χ2n) is 4.43. The first-order chi connectivity index (χ1) is 9.33. The molecule has 2 aliphatic heterocycles. The quantitative estimate of drug-likeness (QED) is 0.808. The highest BCUT2D eigenvalue weighted by Crippen LogP contribution is 2.32. The molecule has 6 heteroatoms. The summed E-state index contributed by atoms with van der Waals surface area (Å²) in [6.45, 7) is 2.83. The predicted molar refractivity (Wildman–Crippen MR) is 68.7 cm³/mol. The molecule has 0 saturated carbocycles. The van der Waals surface area contributed by atoms with E-state index in [2.05, 4.69) is 10.6 Å². The second-order valence-corrected chi connectivity index (χ2v) is 4.43. The number of anilines is 1. The summed E-state index contributed by atoms with van der Waals surface area (Å²) in [4.78, 5) is 12.0.